The molecule has 4 heteroatoms. The van der Waals surface area contributed by atoms with Crippen molar-refractivity contribution in [3.8, 4) is 0 Å². The summed E-state index contributed by atoms with van der Waals surface area (Å²) in [6, 6.07) is 0.361. The fourth-order valence-electron chi connectivity index (χ4n) is 6.33. The lowest BCUT2D eigenvalue weighted by Gasteiger charge is -2.55. The fourth-order valence-corrected chi connectivity index (χ4v) is 6.33. The number of carbonyl (C=O) groups excluding carboxylic acids is 1. The molecule has 0 aromatic carbocycles. The molecular formula is C18H31ClN2O. The predicted molar refractivity (Wildman–Crippen MR) is 90.8 cm³/mol. The molecule has 0 radical (unpaired) electrons. The Balaban J connectivity index is 0.00000144. The number of hydrogen-bond acceptors (Lipinski definition) is 2. The van der Waals surface area contributed by atoms with Crippen LogP contribution >= 0.6 is 12.4 Å². The normalized spacial score (nSPS) is 46.1. The number of rotatable bonds is 3. The highest BCUT2D eigenvalue weighted by Crippen LogP contribution is 2.60. The zero-order valence-corrected chi connectivity index (χ0v) is 14.4. The van der Waals surface area contributed by atoms with E-state index >= 15 is 0 Å². The van der Waals surface area contributed by atoms with Crippen LogP contribution in [0.15, 0.2) is 0 Å². The lowest BCUT2D eigenvalue weighted by Crippen LogP contribution is -2.54. The van der Waals surface area contributed by atoms with Gasteiger partial charge in [-0.05, 0) is 81.5 Å². The Hall–Kier alpha value is -0.280. The maximum Gasteiger partial charge on any atom is 0.226 e. The quantitative estimate of drug-likeness (QED) is 0.836. The van der Waals surface area contributed by atoms with Crippen LogP contribution < -0.4 is 11.1 Å². The Morgan fingerprint density at radius 2 is 1.59 bits per heavy atom. The van der Waals surface area contributed by atoms with Crippen molar-refractivity contribution in [3.63, 3.8) is 0 Å². The van der Waals surface area contributed by atoms with Crippen LogP contribution in [-0.2, 0) is 4.79 Å². The molecule has 2 unspecified atom stereocenters. The Morgan fingerprint density at radius 1 is 1.00 bits per heavy atom. The van der Waals surface area contributed by atoms with Gasteiger partial charge in [0, 0.05) is 18.0 Å². The van der Waals surface area contributed by atoms with E-state index in [2.05, 4.69) is 5.32 Å². The topological polar surface area (TPSA) is 55.1 Å². The van der Waals surface area contributed by atoms with Crippen molar-refractivity contribution in [2.75, 3.05) is 6.54 Å². The third-order valence-corrected chi connectivity index (χ3v) is 6.89. The zero-order chi connectivity index (χ0) is 14.4. The Morgan fingerprint density at radius 3 is 2.14 bits per heavy atom. The van der Waals surface area contributed by atoms with E-state index in [1.807, 2.05) is 0 Å². The maximum atomic E-state index is 12.9. The molecule has 4 bridgehead atoms. The first kappa shape index (κ1) is 16.6. The monoisotopic (exact) mass is 326 g/mol. The largest absolute Gasteiger partial charge is 0.355 e. The Kier molecular flexibility index (Phi) is 4.76. The summed E-state index contributed by atoms with van der Waals surface area (Å²) in [6.45, 7) is 0.869. The smallest absolute Gasteiger partial charge is 0.226 e. The predicted octanol–water partition coefficient (Wildman–Crippen LogP) is 3.26. The van der Waals surface area contributed by atoms with E-state index in [1.54, 1.807) is 0 Å². The van der Waals surface area contributed by atoms with Crippen molar-refractivity contribution in [1.29, 1.82) is 0 Å². The van der Waals surface area contributed by atoms with Crippen LogP contribution in [0.3, 0.4) is 0 Å². The molecule has 3 nitrogen and oxygen atoms in total. The minimum Gasteiger partial charge on any atom is -0.355 e. The molecule has 1 amide bonds. The molecular weight excluding hydrogens is 296 g/mol. The van der Waals surface area contributed by atoms with E-state index in [1.165, 1.54) is 57.8 Å². The summed E-state index contributed by atoms with van der Waals surface area (Å²) in [7, 11) is 0. The molecule has 5 fully saturated rings. The molecule has 0 saturated heterocycles. The van der Waals surface area contributed by atoms with Gasteiger partial charge in [0.2, 0.25) is 5.91 Å². The van der Waals surface area contributed by atoms with Crippen LogP contribution in [0.2, 0.25) is 0 Å². The van der Waals surface area contributed by atoms with Gasteiger partial charge in [0.05, 0.1) is 0 Å². The maximum absolute atomic E-state index is 12.9. The van der Waals surface area contributed by atoms with Crippen molar-refractivity contribution in [3.05, 3.63) is 0 Å². The summed E-state index contributed by atoms with van der Waals surface area (Å²) in [4.78, 5) is 12.9. The number of nitrogens with one attached hydrogen (secondary N) is 1. The average Bonchev–Trinajstić information content (AvgIpc) is 2.43. The van der Waals surface area contributed by atoms with Crippen molar-refractivity contribution >= 4 is 18.3 Å². The minimum absolute atomic E-state index is 0. The number of amides is 1. The van der Waals surface area contributed by atoms with Crippen LogP contribution in [0.1, 0.15) is 64.2 Å². The molecule has 0 aliphatic heterocycles. The van der Waals surface area contributed by atoms with Crippen molar-refractivity contribution in [2.24, 2.45) is 34.8 Å². The molecule has 0 heterocycles. The highest BCUT2D eigenvalue weighted by molar-refractivity contribution is 5.85. The summed E-state index contributed by atoms with van der Waals surface area (Å²) in [5.41, 5.74) is 6.08. The van der Waals surface area contributed by atoms with Crippen LogP contribution in [-0.4, -0.2) is 18.5 Å². The minimum atomic E-state index is 0. The van der Waals surface area contributed by atoms with E-state index in [-0.39, 0.29) is 17.8 Å². The van der Waals surface area contributed by atoms with Gasteiger partial charge in [-0.25, -0.2) is 0 Å². The van der Waals surface area contributed by atoms with Gasteiger partial charge in [-0.2, -0.15) is 0 Å². The van der Waals surface area contributed by atoms with Gasteiger partial charge in [0.1, 0.15) is 0 Å². The van der Waals surface area contributed by atoms with Gasteiger partial charge in [0.25, 0.3) is 0 Å². The Bertz CT molecular complexity index is 390. The van der Waals surface area contributed by atoms with E-state index < -0.39 is 0 Å². The fraction of sp³-hybridized carbons (Fsp3) is 0.944. The third-order valence-electron chi connectivity index (χ3n) is 6.89. The van der Waals surface area contributed by atoms with E-state index in [0.717, 1.165) is 30.7 Å². The van der Waals surface area contributed by atoms with Crippen molar-refractivity contribution < 1.29 is 4.79 Å². The highest BCUT2D eigenvalue weighted by Gasteiger charge is 2.54. The van der Waals surface area contributed by atoms with Gasteiger partial charge in [0.15, 0.2) is 0 Å². The standard InChI is InChI=1S/C18H30N2O.ClH/c19-16-3-1-2-12(7-16)11-20-17(21)18-8-13-4-14(9-18)6-15(5-13)10-18;/h12-16H,1-11,19H2,(H,20,21);1H. The first-order valence-electron chi connectivity index (χ1n) is 9.17. The van der Waals surface area contributed by atoms with Crippen LogP contribution in [0.25, 0.3) is 0 Å². The lowest BCUT2D eigenvalue weighted by atomic mass is 9.49. The average molecular weight is 327 g/mol. The van der Waals surface area contributed by atoms with Gasteiger partial charge in [-0.1, -0.05) is 6.42 Å². The number of carbonyl (C=O) groups is 1. The highest BCUT2D eigenvalue weighted by atomic mass is 35.5. The van der Waals surface area contributed by atoms with E-state index in [9.17, 15) is 4.79 Å². The van der Waals surface area contributed by atoms with E-state index in [0.29, 0.717) is 17.9 Å². The summed E-state index contributed by atoms with van der Waals surface area (Å²) in [5, 5.41) is 3.34. The second-order valence-electron chi connectivity index (χ2n) is 8.70. The lowest BCUT2D eigenvalue weighted by molar-refractivity contribution is -0.146. The summed E-state index contributed by atoms with van der Waals surface area (Å²) < 4.78 is 0. The van der Waals surface area contributed by atoms with Crippen molar-refractivity contribution in [2.45, 2.75) is 70.3 Å². The van der Waals surface area contributed by atoms with E-state index in [4.69, 9.17) is 5.73 Å². The molecule has 0 aromatic rings. The SMILES string of the molecule is Cl.NC1CCCC(CNC(=O)C23CC4CC(CC(C4)C2)C3)C1. The second-order valence-corrected chi connectivity index (χ2v) is 8.70. The number of hydrogen-bond donors (Lipinski definition) is 2. The van der Waals surface area contributed by atoms with Gasteiger partial charge >= 0.3 is 0 Å². The Labute approximate surface area is 140 Å². The van der Waals surface area contributed by atoms with Gasteiger partial charge < -0.3 is 11.1 Å². The summed E-state index contributed by atoms with van der Waals surface area (Å²) in [6.07, 6.45) is 12.5. The molecule has 5 saturated carbocycles. The van der Waals surface area contributed by atoms with Crippen LogP contribution in [0.5, 0.6) is 0 Å². The molecule has 22 heavy (non-hydrogen) atoms. The molecule has 5 rings (SSSR count). The van der Waals surface area contributed by atoms with Crippen molar-refractivity contribution in [1.82, 2.24) is 5.32 Å². The van der Waals surface area contributed by atoms with Gasteiger partial charge in [-0.3, -0.25) is 4.79 Å². The first-order chi connectivity index (χ1) is 10.1. The molecule has 0 aromatic heterocycles. The zero-order valence-electron chi connectivity index (χ0n) is 13.6. The van der Waals surface area contributed by atoms with Crippen LogP contribution in [0, 0.1) is 29.1 Å². The number of nitrogens with two attached hydrogens (primary N) is 1. The molecule has 2 atom stereocenters. The van der Waals surface area contributed by atoms with Gasteiger partial charge in [-0.15, -0.1) is 12.4 Å². The molecule has 5 aliphatic carbocycles. The molecule has 0 spiro atoms. The third kappa shape index (κ3) is 3.03. The number of halogens is 1. The molecule has 126 valence electrons. The molecule has 3 N–H and O–H groups in total. The summed E-state index contributed by atoms with van der Waals surface area (Å²) >= 11 is 0. The second kappa shape index (κ2) is 6.32. The van der Waals surface area contributed by atoms with Crippen LogP contribution in [0.4, 0.5) is 0 Å². The molecule has 5 aliphatic rings. The first-order valence-corrected chi connectivity index (χ1v) is 9.17. The summed E-state index contributed by atoms with van der Waals surface area (Å²) in [5.74, 6) is 3.56.